The van der Waals surface area contributed by atoms with E-state index in [4.69, 9.17) is 5.84 Å². The number of hydrogen-bond acceptors (Lipinski definition) is 2. The van der Waals surface area contributed by atoms with Gasteiger partial charge < -0.3 is 0 Å². The van der Waals surface area contributed by atoms with Crippen molar-refractivity contribution < 1.29 is 9.18 Å². The summed E-state index contributed by atoms with van der Waals surface area (Å²) in [7, 11) is 0. The van der Waals surface area contributed by atoms with Crippen LogP contribution in [0.25, 0.3) is 0 Å². The lowest BCUT2D eigenvalue weighted by atomic mass is 10.1. The lowest BCUT2D eigenvalue weighted by Crippen LogP contribution is -2.34. The summed E-state index contributed by atoms with van der Waals surface area (Å²) in [6, 6.07) is 0. The summed E-state index contributed by atoms with van der Waals surface area (Å²) < 4.78 is 12.4. The zero-order chi connectivity index (χ0) is 7.56. The number of halogens is 1. The van der Waals surface area contributed by atoms with Gasteiger partial charge >= 0.3 is 0 Å². The van der Waals surface area contributed by atoms with Crippen LogP contribution in [0.15, 0.2) is 0 Å². The number of rotatable bonds is 1. The van der Waals surface area contributed by atoms with Crippen LogP contribution in [0.2, 0.25) is 0 Å². The van der Waals surface area contributed by atoms with Gasteiger partial charge in [-0.1, -0.05) is 0 Å². The van der Waals surface area contributed by atoms with Gasteiger partial charge in [0.05, 0.1) is 0 Å². The first kappa shape index (κ1) is 7.47. The average Bonchev–Trinajstić information content (AvgIpc) is 2.34. The van der Waals surface area contributed by atoms with Crippen molar-refractivity contribution in [2.24, 2.45) is 11.8 Å². The van der Waals surface area contributed by atoms with Crippen LogP contribution in [0.5, 0.6) is 0 Å². The van der Waals surface area contributed by atoms with Crippen molar-refractivity contribution in [1.29, 1.82) is 0 Å². The molecule has 0 bridgehead atoms. The highest BCUT2D eigenvalue weighted by Gasteiger charge is 2.28. The number of carbonyl (C=O) groups excluding carboxylic acids is 1. The molecule has 3 N–H and O–H groups in total. The molecule has 0 radical (unpaired) electrons. The lowest BCUT2D eigenvalue weighted by molar-refractivity contribution is -0.124. The molecule has 0 spiro atoms. The van der Waals surface area contributed by atoms with Gasteiger partial charge in [-0.3, -0.25) is 10.2 Å². The molecule has 0 aromatic carbocycles. The van der Waals surface area contributed by atoms with E-state index in [1.165, 1.54) is 0 Å². The molecule has 3 nitrogen and oxygen atoms in total. The first-order chi connectivity index (χ1) is 4.74. The van der Waals surface area contributed by atoms with E-state index in [9.17, 15) is 9.18 Å². The summed E-state index contributed by atoms with van der Waals surface area (Å²) in [5.41, 5.74) is 2.02. The molecule has 1 fully saturated rings. The van der Waals surface area contributed by atoms with Gasteiger partial charge in [-0.2, -0.15) is 0 Å². The minimum absolute atomic E-state index is 0.194. The van der Waals surface area contributed by atoms with Crippen molar-refractivity contribution in [1.82, 2.24) is 5.43 Å². The molecule has 1 aliphatic carbocycles. The van der Waals surface area contributed by atoms with E-state index in [-0.39, 0.29) is 11.8 Å². The van der Waals surface area contributed by atoms with Gasteiger partial charge in [0, 0.05) is 5.92 Å². The van der Waals surface area contributed by atoms with Crippen LogP contribution in [0.1, 0.15) is 19.3 Å². The fourth-order valence-corrected chi connectivity index (χ4v) is 1.28. The zero-order valence-corrected chi connectivity index (χ0v) is 5.64. The molecule has 2 atom stereocenters. The Morgan fingerprint density at radius 3 is 2.70 bits per heavy atom. The number of hydrogen-bond donors (Lipinski definition) is 2. The molecule has 0 aromatic heterocycles. The van der Waals surface area contributed by atoms with Crippen molar-refractivity contribution in [3.63, 3.8) is 0 Å². The number of amides is 1. The maximum Gasteiger partial charge on any atom is 0.237 e. The Labute approximate surface area is 58.7 Å². The third-order valence-corrected chi connectivity index (χ3v) is 1.88. The normalized spacial score (nSPS) is 32.2. The maximum atomic E-state index is 12.4. The first-order valence-electron chi connectivity index (χ1n) is 3.38. The predicted octanol–water partition coefficient (Wildman–Crippen LogP) is 0.114. The summed E-state index contributed by atoms with van der Waals surface area (Å²) >= 11 is 0. The van der Waals surface area contributed by atoms with Crippen LogP contribution < -0.4 is 11.3 Å². The monoisotopic (exact) mass is 146 g/mol. The van der Waals surface area contributed by atoms with Crippen LogP contribution in [0, 0.1) is 5.92 Å². The van der Waals surface area contributed by atoms with Crippen LogP contribution in [-0.4, -0.2) is 12.1 Å². The highest BCUT2D eigenvalue weighted by molar-refractivity contribution is 5.78. The van der Waals surface area contributed by atoms with E-state index in [0.29, 0.717) is 19.3 Å². The number of nitrogens with one attached hydrogen (secondary N) is 1. The van der Waals surface area contributed by atoms with Crippen molar-refractivity contribution in [2.75, 3.05) is 0 Å². The van der Waals surface area contributed by atoms with Crippen molar-refractivity contribution in [2.45, 2.75) is 25.4 Å². The Bertz CT molecular complexity index is 140. The SMILES string of the molecule is NNC(=O)C1CCC(F)C1. The highest BCUT2D eigenvalue weighted by atomic mass is 19.1. The highest BCUT2D eigenvalue weighted by Crippen LogP contribution is 2.27. The molecule has 0 saturated heterocycles. The Hall–Kier alpha value is -0.640. The van der Waals surface area contributed by atoms with Crippen molar-refractivity contribution >= 4 is 5.91 Å². The Balaban J connectivity index is 2.37. The van der Waals surface area contributed by atoms with Gasteiger partial charge in [0.25, 0.3) is 0 Å². The molecule has 1 saturated carbocycles. The Morgan fingerprint density at radius 1 is 1.60 bits per heavy atom. The van der Waals surface area contributed by atoms with E-state index in [0.717, 1.165) is 0 Å². The fourth-order valence-electron chi connectivity index (χ4n) is 1.28. The number of alkyl halides is 1. The maximum absolute atomic E-state index is 12.4. The zero-order valence-electron chi connectivity index (χ0n) is 5.64. The minimum atomic E-state index is -0.803. The van der Waals surface area contributed by atoms with Crippen molar-refractivity contribution in [3.05, 3.63) is 0 Å². The van der Waals surface area contributed by atoms with Gasteiger partial charge in [-0.05, 0) is 19.3 Å². The van der Waals surface area contributed by atoms with Crippen LogP contribution in [0.3, 0.4) is 0 Å². The summed E-state index contributed by atoms with van der Waals surface area (Å²) in [6.07, 6.45) is 0.660. The molecule has 0 heterocycles. The quantitative estimate of drug-likeness (QED) is 0.313. The third kappa shape index (κ3) is 1.44. The van der Waals surface area contributed by atoms with Gasteiger partial charge in [0.15, 0.2) is 0 Å². The smallest absolute Gasteiger partial charge is 0.237 e. The van der Waals surface area contributed by atoms with E-state index in [1.807, 2.05) is 5.43 Å². The third-order valence-electron chi connectivity index (χ3n) is 1.88. The standard InChI is InChI=1S/C6H11FN2O/c7-5-2-1-4(3-5)6(10)9-8/h4-5H,1-3,8H2,(H,9,10). The largest absolute Gasteiger partial charge is 0.294 e. The van der Waals surface area contributed by atoms with Crippen LogP contribution >= 0.6 is 0 Å². The molecular weight excluding hydrogens is 135 g/mol. The van der Waals surface area contributed by atoms with E-state index in [2.05, 4.69) is 0 Å². The van der Waals surface area contributed by atoms with Gasteiger partial charge in [-0.25, -0.2) is 10.2 Å². The molecule has 58 valence electrons. The molecule has 2 unspecified atom stereocenters. The fraction of sp³-hybridized carbons (Fsp3) is 0.833. The molecular formula is C6H11FN2O. The van der Waals surface area contributed by atoms with E-state index < -0.39 is 6.17 Å². The second kappa shape index (κ2) is 2.96. The Kier molecular flexibility index (Phi) is 2.21. The van der Waals surface area contributed by atoms with Gasteiger partial charge in [-0.15, -0.1) is 0 Å². The topological polar surface area (TPSA) is 55.1 Å². The van der Waals surface area contributed by atoms with Crippen LogP contribution in [0.4, 0.5) is 4.39 Å². The Morgan fingerprint density at radius 2 is 2.30 bits per heavy atom. The van der Waals surface area contributed by atoms with Crippen LogP contribution in [-0.2, 0) is 4.79 Å². The second-order valence-electron chi connectivity index (χ2n) is 2.62. The minimum Gasteiger partial charge on any atom is -0.294 e. The van der Waals surface area contributed by atoms with E-state index >= 15 is 0 Å². The number of nitrogens with two attached hydrogens (primary N) is 1. The summed E-state index contributed by atoms with van der Waals surface area (Å²) in [5.74, 6) is 4.44. The summed E-state index contributed by atoms with van der Waals surface area (Å²) in [6.45, 7) is 0. The molecule has 1 amide bonds. The van der Waals surface area contributed by atoms with Crippen molar-refractivity contribution in [3.8, 4) is 0 Å². The molecule has 0 aromatic rings. The summed E-state index contributed by atoms with van der Waals surface area (Å²) in [4.78, 5) is 10.8. The summed E-state index contributed by atoms with van der Waals surface area (Å²) in [5, 5.41) is 0. The number of carbonyl (C=O) groups is 1. The first-order valence-corrected chi connectivity index (χ1v) is 3.38. The van der Waals surface area contributed by atoms with Gasteiger partial charge in [0.1, 0.15) is 6.17 Å². The molecule has 10 heavy (non-hydrogen) atoms. The molecule has 4 heteroatoms. The molecule has 1 aliphatic rings. The average molecular weight is 146 g/mol. The lowest BCUT2D eigenvalue weighted by Gasteiger charge is -2.04. The second-order valence-corrected chi connectivity index (χ2v) is 2.62. The van der Waals surface area contributed by atoms with E-state index in [1.54, 1.807) is 0 Å². The molecule has 1 rings (SSSR count). The molecule has 0 aliphatic heterocycles. The predicted molar refractivity (Wildman–Crippen MR) is 34.6 cm³/mol. The number of hydrazine groups is 1. The van der Waals surface area contributed by atoms with Gasteiger partial charge in [0.2, 0.25) is 5.91 Å².